The van der Waals surface area contributed by atoms with Crippen molar-refractivity contribution < 1.29 is 9.31 Å². The number of H-pyrrole nitrogens is 1. The number of benzene rings is 3. The van der Waals surface area contributed by atoms with Gasteiger partial charge in [0.25, 0.3) is 0 Å². The number of rotatable bonds is 3. The molecule has 1 aliphatic heterocycles. The molecule has 31 heavy (non-hydrogen) atoms. The van der Waals surface area contributed by atoms with Gasteiger partial charge in [0.1, 0.15) is 5.82 Å². The number of imidazole rings is 1. The van der Waals surface area contributed by atoms with Crippen LogP contribution in [-0.2, 0) is 9.31 Å². The molecule has 2 fully saturated rings. The number of fused-ring (bicyclic) bond motifs is 2. The van der Waals surface area contributed by atoms with Crippen LogP contribution in [0.25, 0.3) is 32.9 Å². The Morgan fingerprint density at radius 3 is 2.45 bits per heavy atom. The van der Waals surface area contributed by atoms with Crippen molar-refractivity contribution in [3.05, 3.63) is 60.4 Å². The van der Waals surface area contributed by atoms with Crippen LogP contribution in [0.1, 0.15) is 51.8 Å². The van der Waals surface area contributed by atoms with E-state index in [0.717, 1.165) is 22.3 Å². The summed E-state index contributed by atoms with van der Waals surface area (Å²) in [4.78, 5) is 8.36. The van der Waals surface area contributed by atoms with Crippen LogP contribution in [0.3, 0.4) is 0 Å². The Kier molecular flexibility index (Phi) is 4.27. The van der Waals surface area contributed by atoms with Crippen LogP contribution in [0.15, 0.2) is 54.6 Å². The van der Waals surface area contributed by atoms with E-state index in [-0.39, 0.29) is 18.8 Å². The topological polar surface area (TPSA) is 47.1 Å². The van der Waals surface area contributed by atoms with E-state index in [4.69, 9.17) is 14.3 Å². The molecule has 1 N–H and O–H groups in total. The smallest absolute Gasteiger partial charge is 0.402 e. The Morgan fingerprint density at radius 1 is 0.968 bits per heavy atom. The van der Waals surface area contributed by atoms with Crippen molar-refractivity contribution >= 4 is 34.4 Å². The molecule has 0 amide bonds. The minimum absolute atomic E-state index is 0.0674. The fourth-order valence-corrected chi connectivity index (χ4v) is 4.57. The van der Waals surface area contributed by atoms with Crippen LogP contribution in [0, 0.1) is 0 Å². The molecule has 1 saturated heterocycles. The lowest BCUT2D eigenvalue weighted by molar-refractivity contribution is 0.0842. The summed E-state index contributed by atoms with van der Waals surface area (Å²) in [6.45, 7) is 6.23. The molecule has 0 spiro atoms. The van der Waals surface area contributed by atoms with E-state index >= 15 is 0 Å². The summed E-state index contributed by atoms with van der Waals surface area (Å²) in [6, 6.07) is 19.6. The molecule has 1 aliphatic carbocycles. The second-order valence-electron chi connectivity index (χ2n) is 9.63. The molecule has 0 bridgehead atoms. The van der Waals surface area contributed by atoms with Crippen LogP contribution < -0.4 is 5.46 Å². The fraction of sp³-hybridized carbons (Fsp3) is 0.346. The molecule has 1 aromatic heterocycles. The molecular formula is C26H27BN2O2. The van der Waals surface area contributed by atoms with Gasteiger partial charge in [-0.15, -0.1) is 0 Å². The summed E-state index contributed by atoms with van der Waals surface area (Å²) < 4.78 is 12.2. The summed E-state index contributed by atoms with van der Waals surface area (Å²) >= 11 is 0. The van der Waals surface area contributed by atoms with Gasteiger partial charge in [0.05, 0.1) is 22.7 Å². The van der Waals surface area contributed by atoms with Crippen molar-refractivity contribution in [3.8, 4) is 11.1 Å². The highest BCUT2D eigenvalue weighted by molar-refractivity contribution is 6.62. The van der Waals surface area contributed by atoms with Gasteiger partial charge in [-0.25, -0.2) is 4.98 Å². The lowest BCUT2D eigenvalue weighted by Crippen LogP contribution is -2.34. The molecule has 4 nitrogen and oxygen atoms in total. The van der Waals surface area contributed by atoms with Crippen molar-refractivity contribution in [1.29, 1.82) is 0 Å². The minimum atomic E-state index is -0.304. The third-order valence-corrected chi connectivity index (χ3v) is 7.18. The second-order valence-corrected chi connectivity index (χ2v) is 9.63. The Balaban J connectivity index is 1.31. The van der Waals surface area contributed by atoms with E-state index in [0.29, 0.717) is 5.92 Å². The molecule has 2 aliphatic rings. The highest BCUT2D eigenvalue weighted by Gasteiger charge is 2.43. The average Bonchev–Trinajstić information content (AvgIpc) is 3.25. The van der Waals surface area contributed by atoms with E-state index in [1.54, 1.807) is 0 Å². The van der Waals surface area contributed by atoms with E-state index in [2.05, 4.69) is 80.4 Å². The molecule has 156 valence electrons. The molecule has 6 rings (SSSR count). The van der Waals surface area contributed by atoms with E-state index in [1.807, 2.05) is 0 Å². The molecular weight excluding hydrogens is 383 g/mol. The number of aromatic amines is 1. The molecule has 0 radical (unpaired) electrons. The number of nitrogens with zero attached hydrogens (tertiary/aromatic N) is 1. The van der Waals surface area contributed by atoms with E-state index in [1.165, 1.54) is 41.2 Å². The number of nitrogens with one attached hydrogen (secondary N) is 1. The zero-order valence-electron chi connectivity index (χ0n) is 18.3. The predicted molar refractivity (Wildman–Crippen MR) is 127 cm³/mol. The Labute approximate surface area is 183 Å². The Morgan fingerprint density at radius 2 is 1.71 bits per heavy atom. The first-order valence-electron chi connectivity index (χ1n) is 11.3. The lowest BCUT2D eigenvalue weighted by Gasteiger charge is -2.22. The summed E-state index contributed by atoms with van der Waals surface area (Å²) in [5.41, 5.74) is 5.41. The maximum atomic E-state index is 6.13. The van der Waals surface area contributed by atoms with Crippen molar-refractivity contribution in [1.82, 2.24) is 9.97 Å². The van der Waals surface area contributed by atoms with Crippen molar-refractivity contribution in [3.63, 3.8) is 0 Å². The Hall–Kier alpha value is -2.63. The highest BCUT2D eigenvalue weighted by atomic mass is 16.7. The SMILES string of the molecule is CC1OB(c2ccc3cc(-c4ccc5nc(C6CCC6)[nH]c5c4)ccc3c2)OC1(C)C. The quantitative estimate of drug-likeness (QED) is 0.450. The molecule has 4 aromatic rings. The summed E-state index contributed by atoms with van der Waals surface area (Å²) in [5.74, 6) is 1.77. The molecule has 1 atom stereocenters. The maximum absolute atomic E-state index is 6.13. The van der Waals surface area contributed by atoms with Gasteiger partial charge in [-0.3, -0.25) is 0 Å². The predicted octanol–water partition coefficient (Wildman–Crippen LogP) is 5.56. The molecule has 2 heterocycles. The van der Waals surface area contributed by atoms with E-state index in [9.17, 15) is 0 Å². The maximum Gasteiger partial charge on any atom is 0.494 e. The zero-order valence-corrected chi connectivity index (χ0v) is 18.3. The molecule has 1 unspecified atom stereocenters. The average molecular weight is 410 g/mol. The van der Waals surface area contributed by atoms with Gasteiger partial charge in [0.15, 0.2) is 0 Å². The highest BCUT2D eigenvalue weighted by Crippen LogP contribution is 2.36. The third-order valence-electron chi connectivity index (χ3n) is 7.18. The van der Waals surface area contributed by atoms with Crippen LogP contribution in [-0.4, -0.2) is 28.8 Å². The minimum Gasteiger partial charge on any atom is -0.402 e. The normalized spacial score (nSPS) is 21.1. The molecule has 3 aromatic carbocycles. The fourth-order valence-electron chi connectivity index (χ4n) is 4.57. The first kappa shape index (κ1) is 19.1. The van der Waals surface area contributed by atoms with E-state index < -0.39 is 0 Å². The standard InChI is InChI=1S/C26H27BN2O2/c1-16-26(2,3)31-27(30-16)22-11-9-19-13-18(7-8-20(19)14-22)21-10-12-23-24(15-21)29-25(28-23)17-5-4-6-17/h7-17H,4-6H2,1-3H3,(H,28,29). The van der Waals surface area contributed by atoms with Gasteiger partial charge >= 0.3 is 7.12 Å². The van der Waals surface area contributed by atoms with Gasteiger partial charge in [-0.05, 0) is 79.2 Å². The first-order chi connectivity index (χ1) is 15.0. The van der Waals surface area contributed by atoms with Gasteiger partial charge < -0.3 is 14.3 Å². The zero-order chi connectivity index (χ0) is 21.2. The number of hydrogen-bond acceptors (Lipinski definition) is 3. The van der Waals surface area contributed by atoms with Crippen molar-refractivity contribution in [2.45, 2.75) is 57.7 Å². The molecule has 5 heteroatoms. The van der Waals surface area contributed by atoms with Crippen molar-refractivity contribution in [2.24, 2.45) is 0 Å². The summed E-state index contributed by atoms with van der Waals surface area (Å²) in [6.07, 6.45) is 3.90. The third kappa shape index (κ3) is 3.27. The number of hydrogen-bond donors (Lipinski definition) is 1. The second kappa shape index (κ2) is 6.94. The van der Waals surface area contributed by atoms with Crippen molar-refractivity contribution in [2.75, 3.05) is 0 Å². The van der Waals surface area contributed by atoms with Crippen LogP contribution in [0.2, 0.25) is 0 Å². The van der Waals surface area contributed by atoms with Crippen LogP contribution in [0.4, 0.5) is 0 Å². The van der Waals surface area contributed by atoms with Crippen LogP contribution >= 0.6 is 0 Å². The van der Waals surface area contributed by atoms with Crippen LogP contribution in [0.5, 0.6) is 0 Å². The van der Waals surface area contributed by atoms with Gasteiger partial charge in [0.2, 0.25) is 0 Å². The first-order valence-corrected chi connectivity index (χ1v) is 11.3. The molecule has 1 saturated carbocycles. The summed E-state index contributed by atoms with van der Waals surface area (Å²) in [5, 5.41) is 2.41. The van der Waals surface area contributed by atoms with Gasteiger partial charge in [-0.2, -0.15) is 0 Å². The summed E-state index contributed by atoms with van der Waals surface area (Å²) in [7, 11) is -0.304. The Bertz CT molecular complexity index is 1290. The lowest BCUT2D eigenvalue weighted by atomic mass is 9.78. The largest absolute Gasteiger partial charge is 0.494 e. The number of aromatic nitrogens is 2. The monoisotopic (exact) mass is 410 g/mol. The van der Waals surface area contributed by atoms with Gasteiger partial charge in [-0.1, -0.05) is 42.8 Å². The van der Waals surface area contributed by atoms with Gasteiger partial charge in [0, 0.05) is 5.92 Å².